The average Bonchev–Trinajstić information content (AvgIpc) is 2.17. The van der Waals surface area contributed by atoms with Crippen LogP contribution in [0.3, 0.4) is 0 Å². The van der Waals surface area contributed by atoms with Crippen molar-refractivity contribution < 1.29 is 5.21 Å². The number of hydrogen-bond acceptors (Lipinski definition) is 3. The first kappa shape index (κ1) is 11.9. The molecule has 4 heteroatoms. The summed E-state index contributed by atoms with van der Waals surface area (Å²) in [5.74, 6) is 0.280. The summed E-state index contributed by atoms with van der Waals surface area (Å²) in [4.78, 5) is 1.22. The molecule has 1 rings (SSSR count). The molecule has 1 atom stereocenters. The van der Waals surface area contributed by atoms with E-state index in [0.29, 0.717) is 11.7 Å². The smallest absolute Gasteiger partial charge is 0.140 e. The number of aryl methyl sites for hydroxylation is 1. The van der Waals surface area contributed by atoms with Crippen LogP contribution in [-0.4, -0.2) is 16.3 Å². The third kappa shape index (κ3) is 4.25. The van der Waals surface area contributed by atoms with Crippen LogP contribution in [0, 0.1) is 6.92 Å². The van der Waals surface area contributed by atoms with Gasteiger partial charge in [0, 0.05) is 16.6 Å². The number of thioether (sulfide) groups is 1. The molecule has 0 saturated carbocycles. The van der Waals surface area contributed by atoms with E-state index in [1.165, 1.54) is 10.5 Å². The lowest BCUT2D eigenvalue weighted by atomic mass is 10.2. The van der Waals surface area contributed by atoms with Gasteiger partial charge in [-0.3, -0.25) is 0 Å². The zero-order chi connectivity index (χ0) is 11.3. The van der Waals surface area contributed by atoms with Gasteiger partial charge in [0.05, 0.1) is 0 Å². The molecule has 0 aliphatic heterocycles. The molecule has 0 aliphatic carbocycles. The van der Waals surface area contributed by atoms with Crippen LogP contribution in [0.1, 0.15) is 18.9 Å². The number of amidine groups is 1. The minimum atomic E-state index is 0.280. The second kappa shape index (κ2) is 5.66. The molecular weight excluding hydrogens is 208 g/mol. The summed E-state index contributed by atoms with van der Waals surface area (Å²) in [7, 11) is 0. The predicted molar refractivity (Wildman–Crippen MR) is 64.5 cm³/mol. The van der Waals surface area contributed by atoms with E-state index in [1.54, 1.807) is 11.8 Å². The quantitative estimate of drug-likeness (QED) is 0.272. The van der Waals surface area contributed by atoms with Crippen molar-refractivity contribution in [2.75, 3.05) is 0 Å². The number of benzene rings is 1. The van der Waals surface area contributed by atoms with Crippen molar-refractivity contribution in [2.24, 2.45) is 10.9 Å². The molecule has 0 fully saturated rings. The van der Waals surface area contributed by atoms with Crippen LogP contribution in [0.2, 0.25) is 0 Å². The van der Waals surface area contributed by atoms with Crippen molar-refractivity contribution in [3.63, 3.8) is 0 Å². The number of oxime groups is 1. The number of hydrogen-bond donors (Lipinski definition) is 2. The highest BCUT2D eigenvalue weighted by molar-refractivity contribution is 8.00. The molecule has 3 nitrogen and oxygen atoms in total. The number of nitrogens with two attached hydrogens (primary N) is 1. The first-order chi connectivity index (χ1) is 7.11. The van der Waals surface area contributed by atoms with Gasteiger partial charge < -0.3 is 10.9 Å². The fraction of sp³-hybridized carbons (Fsp3) is 0.364. The molecule has 0 aromatic heterocycles. The van der Waals surface area contributed by atoms with Crippen LogP contribution in [0.5, 0.6) is 0 Å². The highest BCUT2D eigenvalue weighted by atomic mass is 32.2. The Labute approximate surface area is 94.4 Å². The molecule has 0 spiro atoms. The number of nitrogens with zero attached hydrogens (tertiary/aromatic N) is 1. The predicted octanol–water partition coefficient (Wildman–Crippen LogP) is 2.61. The van der Waals surface area contributed by atoms with Crippen LogP contribution in [-0.2, 0) is 0 Å². The van der Waals surface area contributed by atoms with Crippen LogP contribution in [0.4, 0.5) is 0 Å². The van der Waals surface area contributed by atoms with Gasteiger partial charge in [-0.05, 0) is 19.1 Å². The molecule has 82 valence electrons. The third-order valence-corrected chi connectivity index (χ3v) is 3.05. The lowest BCUT2D eigenvalue weighted by Crippen LogP contribution is -2.16. The second-order valence-electron chi connectivity index (χ2n) is 3.54. The summed E-state index contributed by atoms with van der Waals surface area (Å²) in [6.07, 6.45) is 0.592. The van der Waals surface area contributed by atoms with Gasteiger partial charge in [0.15, 0.2) is 0 Å². The summed E-state index contributed by atoms with van der Waals surface area (Å²) in [5.41, 5.74) is 6.69. The molecule has 0 aliphatic rings. The molecule has 0 radical (unpaired) electrons. The van der Waals surface area contributed by atoms with E-state index in [2.05, 4.69) is 37.2 Å². The van der Waals surface area contributed by atoms with Crippen molar-refractivity contribution in [3.8, 4) is 0 Å². The Morgan fingerprint density at radius 2 is 2.33 bits per heavy atom. The van der Waals surface area contributed by atoms with Gasteiger partial charge in [0.1, 0.15) is 5.84 Å². The standard InChI is InChI=1S/C11H16N2OS/c1-8-4-3-5-10(6-8)15-9(2)7-11(12)13-14/h3-6,9,14H,7H2,1-2H3,(H2,12,13). The van der Waals surface area contributed by atoms with Gasteiger partial charge in [-0.1, -0.05) is 29.8 Å². The Morgan fingerprint density at radius 3 is 2.93 bits per heavy atom. The van der Waals surface area contributed by atoms with Gasteiger partial charge in [0.25, 0.3) is 0 Å². The van der Waals surface area contributed by atoms with Crippen LogP contribution < -0.4 is 5.73 Å². The second-order valence-corrected chi connectivity index (χ2v) is 5.05. The van der Waals surface area contributed by atoms with E-state index in [-0.39, 0.29) is 5.84 Å². The third-order valence-electron chi connectivity index (χ3n) is 1.95. The Hall–Kier alpha value is -1.16. The maximum atomic E-state index is 8.45. The molecule has 0 bridgehead atoms. The summed E-state index contributed by atoms with van der Waals surface area (Å²) in [5, 5.41) is 11.7. The summed E-state index contributed by atoms with van der Waals surface area (Å²) < 4.78 is 0. The maximum absolute atomic E-state index is 8.45. The largest absolute Gasteiger partial charge is 0.409 e. The van der Waals surface area contributed by atoms with Crippen molar-refractivity contribution in [2.45, 2.75) is 30.4 Å². The van der Waals surface area contributed by atoms with Crippen LogP contribution in [0.15, 0.2) is 34.3 Å². The van der Waals surface area contributed by atoms with E-state index >= 15 is 0 Å². The SMILES string of the molecule is Cc1cccc(SC(C)CC(N)=NO)c1. The minimum Gasteiger partial charge on any atom is -0.409 e. The Balaban J connectivity index is 2.55. The fourth-order valence-corrected chi connectivity index (χ4v) is 2.43. The Bertz CT molecular complexity index is 352. The lowest BCUT2D eigenvalue weighted by Gasteiger charge is -2.10. The molecule has 0 amide bonds. The van der Waals surface area contributed by atoms with Crippen molar-refractivity contribution in [1.29, 1.82) is 0 Å². The number of rotatable bonds is 4. The average molecular weight is 224 g/mol. The van der Waals surface area contributed by atoms with Crippen molar-refractivity contribution in [3.05, 3.63) is 29.8 Å². The van der Waals surface area contributed by atoms with Crippen LogP contribution >= 0.6 is 11.8 Å². The normalized spacial score (nSPS) is 13.9. The monoisotopic (exact) mass is 224 g/mol. The molecule has 3 N–H and O–H groups in total. The molecule has 0 heterocycles. The molecule has 1 unspecified atom stereocenters. The zero-order valence-electron chi connectivity index (χ0n) is 8.97. The first-order valence-corrected chi connectivity index (χ1v) is 5.69. The maximum Gasteiger partial charge on any atom is 0.140 e. The van der Waals surface area contributed by atoms with E-state index in [4.69, 9.17) is 10.9 Å². The van der Waals surface area contributed by atoms with Gasteiger partial charge in [-0.2, -0.15) is 0 Å². The first-order valence-electron chi connectivity index (χ1n) is 4.81. The van der Waals surface area contributed by atoms with Gasteiger partial charge in [0.2, 0.25) is 0 Å². The lowest BCUT2D eigenvalue weighted by molar-refractivity contribution is 0.317. The summed E-state index contributed by atoms with van der Waals surface area (Å²) in [6.45, 7) is 4.13. The Kier molecular flexibility index (Phi) is 4.49. The highest BCUT2D eigenvalue weighted by Gasteiger charge is 2.06. The molecule has 0 saturated heterocycles. The minimum absolute atomic E-state index is 0.280. The van der Waals surface area contributed by atoms with E-state index in [1.807, 2.05) is 6.07 Å². The van der Waals surface area contributed by atoms with E-state index in [9.17, 15) is 0 Å². The molecule has 1 aromatic carbocycles. The summed E-state index contributed by atoms with van der Waals surface area (Å²) >= 11 is 1.73. The molecule has 1 aromatic rings. The van der Waals surface area contributed by atoms with Gasteiger partial charge in [-0.25, -0.2) is 0 Å². The van der Waals surface area contributed by atoms with Crippen molar-refractivity contribution in [1.82, 2.24) is 0 Å². The van der Waals surface area contributed by atoms with E-state index in [0.717, 1.165) is 0 Å². The molecular formula is C11H16N2OS. The van der Waals surface area contributed by atoms with Crippen LogP contribution in [0.25, 0.3) is 0 Å². The van der Waals surface area contributed by atoms with Gasteiger partial charge in [-0.15, -0.1) is 11.8 Å². The van der Waals surface area contributed by atoms with Gasteiger partial charge >= 0.3 is 0 Å². The zero-order valence-corrected chi connectivity index (χ0v) is 9.79. The van der Waals surface area contributed by atoms with Crippen molar-refractivity contribution >= 4 is 17.6 Å². The van der Waals surface area contributed by atoms with E-state index < -0.39 is 0 Å². The fourth-order valence-electron chi connectivity index (χ4n) is 1.30. The topological polar surface area (TPSA) is 58.6 Å². The Morgan fingerprint density at radius 1 is 1.60 bits per heavy atom. The highest BCUT2D eigenvalue weighted by Crippen LogP contribution is 2.25. The molecule has 15 heavy (non-hydrogen) atoms. The summed E-state index contributed by atoms with van der Waals surface area (Å²) in [6, 6.07) is 8.31.